The summed E-state index contributed by atoms with van der Waals surface area (Å²) in [6.07, 6.45) is 1.73. The molecule has 0 atom stereocenters. The lowest BCUT2D eigenvalue weighted by Crippen LogP contribution is -2.30. The minimum atomic E-state index is -4.42. The van der Waals surface area contributed by atoms with Gasteiger partial charge < -0.3 is 11.1 Å². The third kappa shape index (κ3) is 5.46. The summed E-state index contributed by atoms with van der Waals surface area (Å²) in [4.78, 5) is 31.6. The van der Waals surface area contributed by atoms with Crippen molar-refractivity contribution in [3.8, 4) is 11.3 Å². The largest absolute Gasteiger partial charge is 0.364 e. The second-order valence-corrected chi connectivity index (χ2v) is 9.50. The van der Waals surface area contributed by atoms with E-state index in [-0.39, 0.29) is 41.2 Å². The Kier molecular flexibility index (Phi) is 7.49. The molecular weight excluding hydrogens is 473 g/mol. The van der Waals surface area contributed by atoms with E-state index in [1.807, 2.05) is 35.9 Å². The first kappa shape index (κ1) is 25.8. The van der Waals surface area contributed by atoms with Crippen LogP contribution in [0.5, 0.6) is 0 Å². The van der Waals surface area contributed by atoms with Crippen LogP contribution in [0, 0.1) is 12.7 Å². The fraction of sp³-hybridized carbons (Fsp3) is 0.250. The van der Waals surface area contributed by atoms with Crippen LogP contribution in [0.1, 0.15) is 48.0 Å². The number of halogens is 1. The average Bonchev–Trinajstić information content (AvgIpc) is 2.78. The molecule has 0 saturated heterocycles. The first-order chi connectivity index (χ1) is 16.5. The molecule has 2 aromatic carbocycles. The van der Waals surface area contributed by atoms with E-state index in [1.54, 1.807) is 13.8 Å². The number of nitrogens with zero attached hydrogens (tertiary/aromatic N) is 2. The van der Waals surface area contributed by atoms with Crippen LogP contribution in [-0.4, -0.2) is 30.2 Å². The van der Waals surface area contributed by atoms with Crippen molar-refractivity contribution in [2.24, 2.45) is 5.73 Å². The summed E-state index contributed by atoms with van der Waals surface area (Å²) in [7, 11) is -4.42. The van der Waals surface area contributed by atoms with Crippen molar-refractivity contribution >= 4 is 33.3 Å². The van der Waals surface area contributed by atoms with E-state index in [9.17, 15) is 18.0 Å². The van der Waals surface area contributed by atoms with Gasteiger partial charge in [-0.3, -0.25) is 9.59 Å². The van der Waals surface area contributed by atoms with Gasteiger partial charge in [0.1, 0.15) is 10.7 Å². The predicted octanol–water partition coefficient (Wildman–Crippen LogP) is 3.38. The van der Waals surface area contributed by atoms with Crippen LogP contribution in [0.2, 0.25) is 0 Å². The summed E-state index contributed by atoms with van der Waals surface area (Å²) in [6, 6.07) is 8.92. The Morgan fingerprint density at radius 2 is 1.77 bits per heavy atom. The number of carbonyl (C=O) groups excluding carboxylic acids is 2. The summed E-state index contributed by atoms with van der Waals surface area (Å²) >= 11 is 0. The van der Waals surface area contributed by atoms with Crippen molar-refractivity contribution in [3.63, 3.8) is 0 Å². The van der Waals surface area contributed by atoms with Gasteiger partial charge in [-0.25, -0.2) is 27.5 Å². The Balaban J connectivity index is 2.13. The number of aromatic nitrogens is 2. The Morgan fingerprint density at radius 1 is 1.11 bits per heavy atom. The maximum absolute atomic E-state index is 15.5. The number of carbonyl (C=O) groups is 2. The molecule has 35 heavy (non-hydrogen) atoms. The van der Waals surface area contributed by atoms with Gasteiger partial charge >= 0.3 is 0 Å². The topological polar surface area (TPSA) is 144 Å². The van der Waals surface area contributed by atoms with E-state index < -0.39 is 32.6 Å². The second-order valence-electron chi connectivity index (χ2n) is 7.88. The van der Waals surface area contributed by atoms with Crippen molar-refractivity contribution in [2.45, 2.75) is 45.4 Å². The lowest BCUT2D eigenvalue weighted by Gasteiger charge is -2.19. The zero-order chi connectivity index (χ0) is 25.9. The molecule has 0 radical (unpaired) electrons. The lowest BCUT2D eigenvalue weighted by molar-refractivity contribution is -0.117. The molecule has 1 aromatic heterocycles. The number of hydrogen-bond acceptors (Lipinski definition) is 7. The normalized spacial score (nSPS) is 11.2. The molecule has 0 saturated carbocycles. The molecule has 1 heterocycles. The third-order valence-electron chi connectivity index (χ3n) is 5.29. The number of nitrogens with one attached hydrogen (secondary N) is 2. The highest BCUT2D eigenvalue weighted by Crippen LogP contribution is 2.33. The Bertz CT molecular complexity index is 1410. The van der Waals surface area contributed by atoms with Gasteiger partial charge in [0.25, 0.3) is 15.9 Å². The first-order valence-corrected chi connectivity index (χ1v) is 12.3. The van der Waals surface area contributed by atoms with Gasteiger partial charge in [-0.1, -0.05) is 43.7 Å². The van der Waals surface area contributed by atoms with E-state index in [1.165, 1.54) is 12.3 Å². The van der Waals surface area contributed by atoms with Crippen molar-refractivity contribution in [1.82, 2.24) is 14.7 Å². The summed E-state index contributed by atoms with van der Waals surface area (Å²) < 4.78 is 42.6. The summed E-state index contributed by atoms with van der Waals surface area (Å²) in [5.41, 5.74) is 8.00. The van der Waals surface area contributed by atoms with E-state index in [2.05, 4.69) is 15.3 Å². The highest BCUT2D eigenvalue weighted by molar-refractivity contribution is 7.90. The van der Waals surface area contributed by atoms with Gasteiger partial charge in [0, 0.05) is 23.7 Å². The minimum absolute atomic E-state index is 0.00184. The highest BCUT2D eigenvalue weighted by atomic mass is 32.2. The fourth-order valence-electron chi connectivity index (χ4n) is 3.62. The maximum Gasteiger partial charge on any atom is 0.271 e. The number of rotatable bonds is 8. The van der Waals surface area contributed by atoms with Gasteiger partial charge in [0.2, 0.25) is 5.91 Å². The zero-order valence-corrected chi connectivity index (χ0v) is 20.6. The molecule has 9 nitrogen and oxygen atoms in total. The van der Waals surface area contributed by atoms with Crippen molar-refractivity contribution in [2.75, 3.05) is 5.32 Å². The molecule has 0 aliphatic carbocycles. The van der Waals surface area contributed by atoms with E-state index in [4.69, 9.17) is 5.73 Å². The number of primary amides is 1. The van der Waals surface area contributed by atoms with Crippen molar-refractivity contribution in [3.05, 3.63) is 64.7 Å². The predicted molar refractivity (Wildman–Crippen MR) is 130 cm³/mol. The molecule has 0 aliphatic heterocycles. The van der Waals surface area contributed by atoms with Crippen LogP contribution in [0.4, 0.5) is 15.9 Å². The molecule has 4 N–H and O–H groups in total. The van der Waals surface area contributed by atoms with Gasteiger partial charge in [-0.2, -0.15) is 0 Å². The number of amides is 2. The highest BCUT2D eigenvalue weighted by Gasteiger charge is 2.28. The Morgan fingerprint density at radius 3 is 2.31 bits per heavy atom. The summed E-state index contributed by atoms with van der Waals surface area (Å²) in [5, 5.41) is 2.90. The minimum Gasteiger partial charge on any atom is -0.364 e. The van der Waals surface area contributed by atoms with Crippen molar-refractivity contribution < 1.29 is 22.4 Å². The quantitative estimate of drug-likeness (QED) is 0.431. The van der Waals surface area contributed by atoms with Crippen LogP contribution >= 0.6 is 0 Å². The van der Waals surface area contributed by atoms with Gasteiger partial charge in [0.15, 0.2) is 11.5 Å². The average molecular weight is 500 g/mol. The molecule has 3 rings (SSSR count). The first-order valence-electron chi connectivity index (χ1n) is 10.9. The third-order valence-corrected chi connectivity index (χ3v) is 6.82. The van der Waals surface area contributed by atoms with E-state index >= 15 is 4.39 Å². The Labute approximate surface area is 203 Å². The number of sulfonamides is 1. The molecule has 0 fully saturated rings. The molecule has 0 aliphatic rings. The van der Waals surface area contributed by atoms with Crippen LogP contribution in [0.25, 0.3) is 11.3 Å². The monoisotopic (exact) mass is 499 g/mol. The summed E-state index contributed by atoms with van der Waals surface area (Å²) in [5.74, 6) is -2.66. The molecule has 0 unspecified atom stereocenters. The van der Waals surface area contributed by atoms with Gasteiger partial charge in [-0.05, 0) is 31.4 Å². The number of hydrogen-bond donors (Lipinski definition) is 3. The van der Waals surface area contributed by atoms with E-state index in [0.29, 0.717) is 5.69 Å². The molecule has 3 aromatic rings. The van der Waals surface area contributed by atoms with Crippen LogP contribution in [0.3, 0.4) is 0 Å². The van der Waals surface area contributed by atoms with Crippen LogP contribution in [0.15, 0.2) is 41.4 Å². The molecule has 11 heteroatoms. The molecule has 0 bridgehead atoms. The molecule has 2 amide bonds. The zero-order valence-electron chi connectivity index (χ0n) is 19.8. The van der Waals surface area contributed by atoms with E-state index in [0.717, 1.165) is 18.1 Å². The van der Waals surface area contributed by atoms with Crippen LogP contribution in [-0.2, 0) is 27.7 Å². The van der Waals surface area contributed by atoms with Gasteiger partial charge in [0.05, 0.1) is 11.9 Å². The van der Waals surface area contributed by atoms with Crippen molar-refractivity contribution in [1.29, 1.82) is 0 Å². The number of aryl methyl sites for hydroxylation is 2. The molecule has 184 valence electrons. The number of anilines is 2. The number of benzene rings is 2. The summed E-state index contributed by atoms with van der Waals surface area (Å²) in [6.45, 7) is 6.27. The standard InChI is InChI=1S/C24H26FN5O4S/c1-5-15-11-18(17(6-2)20(25)22(15)35(33,34)30-14(4)31)29-24-21(23(26)32)28-19(12-27-24)16-9-7-13(3)8-10-16/h7-12H,5-6H2,1-4H3,(H2,26,32)(H,27,29)(H,30,31). The second kappa shape index (κ2) is 10.2. The SMILES string of the molecule is CCc1cc(Nc2ncc(-c3ccc(C)cc3)nc2C(N)=O)c(CC)c(F)c1S(=O)(=O)NC(C)=O. The number of nitrogens with two attached hydrogens (primary N) is 1. The lowest BCUT2D eigenvalue weighted by atomic mass is 10.0. The Hall–Kier alpha value is -3.86. The molecular formula is C24H26FN5O4S. The smallest absolute Gasteiger partial charge is 0.271 e. The van der Waals surface area contributed by atoms with Gasteiger partial charge in [-0.15, -0.1) is 0 Å². The van der Waals surface area contributed by atoms with Crippen LogP contribution < -0.4 is 15.8 Å². The molecule has 0 spiro atoms. The maximum atomic E-state index is 15.5. The fourth-order valence-corrected chi connectivity index (χ4v) is 5.01.